The van der Waals surface area contributed by atoms with Crippen molar-refractivity contribution in [1.82, 2.24) is 0 Å². The van der Waals surface area contributed by atoms with E-state index in [1.54, 1.807) is 12.1 Å². The summed E-state index contributed by atoms with van der Waals surface area (Å²) in [5, 5.41) is 2.78. The van der Waals surface area contributed by atoms with Gasteiger partial charge >= 0.3 is 5.69 Å². The fraction of sp³-hybridized carbons (Fsp3) is 0.125. The van der Waals surface area contributed by atoms with Crippen molar-refractivity contribution < 1.29 is 0 Å². The van der Waals surface area contributed by atoms with Crippen LogP contribution in [-0.2, 0) is 0 Å². The van der Waals surface area contributed by atoms with Crippen LogP contribution < -0.4 is 0 Å². The molecule has 1 aromatic rings. The van der Waals surface area contributed by atoms with Gasteiger partial charge < -0.3 is 0 Å². The molecule has 0 fully saturated rings. The predicted molar refractivity (Wildman–Crippen MR) is 44.6 cm³/mol. The Morgan fingerprint density at radius 2 is 2.27 bits per heavy atom. The summed E-state index contributed by atoms with van der Waals surface area (Å²) < 4.78 is 0. The summed E-state index contributed by atoms with van der Waals surface area (Å²) in [4.78, 5) is 13.6. The van der Waals surface area contributed by atoms with Crippen molar-refractivity contribution in [1.29, 1.82) is 0 Å². The summed E-state index contributed by atoms with van der Waals surface area (Å²) in [7, 11) is 0. The Bertz CT molecular complexity index is 325. The lowest BCUT2D eigenvalue weighted by atomic mass is 10.2. The molecular weight excluding hydrogens is 140 g/mol. The number of nitrogens with zero attached hydrogens (tertiary/aromatic N) is 2. The van der Waals surface area contributed by atoms with Crippen LogP contribution in [0.3, 0.4) is 0 Å². The Balaban J connectivity index is 3.30. The van der Waals surface area contributed by atoms with Crippen LogP contribution in [0.15, 0.2) is 23.4 Å². The van der Waals surface area contributed by atoms with Crippen molar-refractivity contribution in [3.8, 4) is 6.57 Å². The Hall–Kier alpha value is -1.69. The normalized spacial score (nSPS) is 8.73. The third-order valence-corrected chi connectivity index (χ3v) is 1.37. The second-order valence-corrected chi connectivity index (χ2v) is 2.21. The van der Waals surface area contributed by atoms with Crippen molar-refractivity contribution in [3.05, 3.63) is 33.5 Å². The first-order chi connectivity index (χ1) is 5.27. The number of benzene rings is 1. The van der Waals surface area contributed by atoms with Crippen LogP contribution in [0.25, 0.3) is 4.85 Å². The molecule has 0 saturated heterocycles. The maximum Gasteiger partial charge on any atom is 0.368 e. The molecule has 0 spiro atoms. The molecule has 54 valence electrons. The summed E-state index contributed by atoms with van der Waals surface area (Å²) in [5.74, 6) is 0. The molecule has 1 rings (SSSR count). The molecule has 0 heterocycles. The maximum atomic E-state index is 10.2. The van der Waals surface area contributed by atoms with Crippen LogP contribution >= 0.6 is 0 Å². The van der Waals surface area contributed by atoms with Gasteiger partial charge in [-0.3, -0.25) is 0 Å². The van der Waals surface area contributed by atoms with Gasteiger partial charge in [-0.05, 0) is 28.6 Å². The molecule has 0 unspecified atom stereocenters. The number of hydrogen-bond donors (Lipinski definition) is 0. The topological polar surface area (TPSA) is 33.8 Å². The highest BCUT2D eigenvalue weighted by molar-refractivity contribution is 5.67. The molecule has 3 nitrogen and oxygen atoms in total. The molecule has 11 heavy (non-hydrogen) atoms. The SMILES string of the molecule is C#[N+]c1ccc(C)cc1N=O. The summed E-state index contributed by atoms with van der Waals surface area (Å²) in [6.45, 7) is 6.87. The number of rotatable bonds is 1. The van der Waals surface area contributed by atoms with Gasteiger partial charge in [0.1, 0.15) is 0 Å². The number of aryl methyl sites for hydroxylation is 1. The zero-order valence-corrected chi connectivity index (χ0v) is 6.11. The first-order valence-electron chi connectivity index (χ1n) is 3.13. The van der Waals surface area contributed by atoms with Gasteiger partial charge in [-0.15, -0.1) is 4.91 Å². The molecule has 0 aliphatic rings. The van der Waals surface area contributed by atoms with E-state index < -0.39 is 0 Å². The molecule has 0 radical (unpaired) electrons. The van der Waals surface area contributed by atoms with Crippen LogP contribution in [0.2, 0.25) is 0 Å². The standard InChI is InChI=1S/C8H7N2O/c1-6-3-4-7(9-2)8(5-6)10-11/h2-5H,1H3/q+1. The van der Waals surface area contributed by atoms with Gasteiger partial charge in [0.15, 0.2) is 5.69 Å². The summed E-state index contributed by atoms with van der Waals surface area (Å²) in [5.41, 5.74) is 1.67. The number of hydrogen-bond acceptors (Lipinski definition) is 2. The van der Waals surface area contributed by atoms with E-state index in [0.29, 0.717) is 5.69 Å². The van der Waals surface area contributed by atoms with Crippen LogP contribution in [0.1, 0.15) is 5.56 Å². The van der Waals surface area contributed by atoms with Crippen molar-refractivity contribution in [3.63, 3.8) is 0 Å². The minimum atomic E-state index is 0.285. The molecule has 0 aliphatic heterocycles. The molecule has 0 bridgehead atoms. The van der Waals surface area contributed by atoms with Gasteiger partial charge in [-0.1, -0.05) is 6.07 Å². The molecule has 0 aromatic heterocycles. The van der Waals surface area contributed by atoms with E-state index in [1.165, 1.54) is 0 Å². The molecule has 0 amide bonds. The summed E-state index contributed by atoms with van der Waals surface area (Å²) in [6.07, 6.45) is 0. The molecule has 1 aromatic carbocycles. The van der Waals surface area contributed by atoms with E-state index in [-0.39, 0.29) is 5.69 Å². The third-order valence-electron chi connectivity index (χ3n) is 1.37. The zero-order valence-electron chi connectivity index (χ0n) is 6.11. The first-order valence-corrected chi connectivity index (χ1v) is 3.13. The average molecular weight is 147 g/mol. The van der Waals surface area contributed by atoms with E-state index in [0.717, 1.165) is 5.56 Å². The van der Waals surface area contributed by atoms with E-state index in [9.17, 15) is 4.91 Å². The average Bonchev–Trinajstić information content (AvgIpc) is 2.04. The Morgan fingerprint density at radius 1 is 1.55 bits per heavy atom. The Labute approximate surface area is 64.5 Å². The lowest BCUT2D eigenvalue weighted by Crippen LogP contribution is -1.69. The van der Waals surface area contributed by atoms with Crippen LogP contribution in [0.4, 0.5) is 11.4 Å². The van der Waals surface area contributed by atoms with Gasteiger partial charge in [-0.25, -0.2) is 0 Å². The van der Waals surface area contributed by atoms with Gasteiger partial charge in [-0.2, -0.15) is 0 Å². The van der Waals surface area contributed by atoms with Crippen molar-refractivity contribution in [2.75, 3.05) is 0 Å². The van der Waals surface area contributed by atoms with E-state index in [1.807, 2.05) is 13.0 Å². The fourth-order valence-corrected chi connectivity index (χ4v) is 0.816. The second kappa shape index (κ2) is 2.93. The second-order valence-electron chi connectivity index (χ2n) is 2.21. The molecule has 0 aliphatic carbocycles. The summed E-state index contributed by atoms with van der Waals surface area (Å²) >= 11 is 0. The summed E-state index contributed by atoms with van der Waals surface area (Å²) in [6, 6.07) is 5.12. The molecule has 0 atom stereocenters. The Kier molecular flexibility index (Phi) is 1.98. The van der Waals surface area contributed by atoms with Crippen molar-refractivity contribution >= 4 is 11.4 Å². The van der Waals surface area contributed by atoms with E-state index >= 15 is 0 Å². The van der Waals surface area contributed by atoms with Crippen LogP contribution in [-0.4, -0.2) is 0 Å². The highest BCUT2D eigenvalue weighted by Crippen LogP contribution is 2.27. The van der Waals surface area contributed by atoms with Gasteiger partial charge in [0, 0.05) is 6.07 Å². The van der Waals surface area contributed by atoms with Gasteiger partial charge in [0.25, 0.3) is 6.57 Å². The van der Waals surface area contributed by atoms with E-state index in [4.69, 9.17) is 6.57 Å². The predicted octanol–water partition coefficient (Wildman–Crippen LogP) is 2.99. The lowest BCUT2D eigenvalue weighted by Gasteiger charge is -1.88. The van der Waals surface area contributed by atoms with Crippen LogP contribution in [0.5, 0.6) is 0 Å². The highest BCUT2D eigenvalue weighted by Gasteiger charge is 2.09. The first kappa shape index (κ1) is 7.42. The smallest absolute Gasteiger partial charge is 0.144 e. The van der Waals surface area contributed by atoms with Crippen molar-refractivity contribution in [2.24, 2.45) is 5.18 Å². The molecule has 0 N–H and O–H groups in total. The quantitative estimate of drug-likeness (QED) is 0.562. The van der Waals surface area contributed by atoms with Crippen molar-refractivity contribution in [2.45, 2.75) is 6.92 Å². The molecular formula is C8H7N2O+. The van der Waals surface area contributed by atoms with Crippen LogP contribution in [0, 0.1) is 18.4 Å². The molecule has 3 heteroatoms. The number of nitroso groups, excluding NO2 is 1. The Morgan fingerprint density at radius 3 is 2.82 bits per heavy atom. The van der Waals surface area contributed by atoms with Gasteiger partial charge in [0.05, 0.1) is 0 Å². The minimum Gasteiger partial charge on any atom is -0.144 e. The molecule has 0 saturated carbocycles. The fourth-order valence-electron chi connectivity index (χ4n) is 0.816. The zero-order chi connectivity index (χ0) is 8.27. The van der Waals surface area contributed by atoms with E-state index in [2.05, 4.69) is 10.0 Å². The highest BCUT2D eigenvalue weighted by atomic mass is 16.3. The third kappa shape index (κ3) is 1.41. The maximum absolute atomic E-state index is 10.2. The minimum absolute atomic E-state index is 0.285. The monoisotopic (exact) mass is 147 g/mol. The van der Waals surface area contributed by atoms with Gasteiger partial charge in [0.2, 0.25) is 0 Å². The largest absolute Gasteiger partial charge is 0.368 e. The lowest BCUT2D eigenvalue weighted by molar-refractivity contribution is 1.42.